The molecule has 0 aromatic heterocycles. The third-order valence-electron chi connectivity index (χ3n) is 1.95. The van der Waals surface area contributed by atoms with Gasteiger partial charge < -0.3 is 5.73 Å². The number of halogens is 1. The molecular formula is C11H11FN2. The van der Waals surface area contributed by atoms with E-state index >= 15 is 0 Å². The third kappa shape index (κ3) is 2.18. The summed E-state index contributed by atoms with van der Waals surface area (Å²) in [5.41, 5.74) is 6.43. The Bertz CT molecular complexity index is 379. The van der Waals surface area contributed by atoms with Gasteiger partial charge in [0, 0.05) is 11.6 Å². The van der Waals surface area contributed by atoms with Gasteiger partial charge in [0.2, 0.25) is 0 Å². The summed E-state index contributed by atoms with van der Waals surface area (Å²) in [5, 5.41) is 8.53. The number of rotatable bonds is 3. The molecule has 0 aliphatic heterocycles. The summed E-state index contributed by atoms with van der Waals surface area (Å²) in [6.07, 6.45) is 2.16. The Hall–Kier alpha value is -1.66. The number of benzene rings is 1. The molecule has 0 spiro atoms. The van der Waals surface area contributed by atoms with Crippen molar-refractivity contribution in [3.8, 4) is 6.07 Å². The minimum absolute atomic E-state index is 0.303. The highest BCUT2D eigenvalue weighted by Gasteiger charge is 2.10. The van der Waals surface area contributed by atoms with Crippen molar-refractivity contribution in [2.45, 2.75) is 12.5 Å². The fourth-order valence-electron chi connectivity index (χ4n) is 1.20. The maximum atomic E-state index is 13.3. The molecule has 2 nitrogen and oxygen atoms in total. The molecule has 0 radical (unpaired) electrons. The van der Waals surface area contributed by atoms with E-state index in [1.54, 1.807) is 18.2 Å². The second kappa shape index (κ2) is 4.54. The van der Waals surface area contributed by atoms with E-state index in [4.69, 9.17) is 11.0 Å². The molecular weight excluding hydrogens is 179 g/mol. The predicted molar refractivity (Wildman–Crippen MR) is 52.9 cm³/mol. The number of hydrogen-bond donors (Lipinski definition) is 1. The van der Waals surface area contributed by atoms with Crippen LogP contribution in [0, 0.1) is 17.1 Å². The van der Waals surface area contributed by atoms with Gasteiger partial charge in [-0.05, 0) is 18.6 Å². The maximum Gasteiger partial charge on any atom is 0.129 e. The van der Waals surface area contributed by atoms with E-state index in [1.807, 2.05) is 6.07 Å². The van der Waals surface area contributed by atoms with E-state index in [9.17, 15) is 4.39 Å². The Kier molecular flexibility index (Phi) is 3.38. The van der Waals surface area contributed by atoms with Crippen LogP contribution in [0.15, 0.2) is 30.9 Å². The minimum Gasteiger partial charge on any atom is -0.324 e. The quantitative estimate of drug-likeness (QED) is 0.743. The first kappa shape index (κ1) is 10.4. The monoisotopic (exact) mass is 190 g/mol. The van der Waals surface area contributed by atoms with E-state index in [-0.39, 0.29) is 6.04 Å². The molecule has 14 heavy (non-hydrogen) atoms. The maximum absolute atomic E-state index is 13.3. The average Bonchev–Trinajstić information content (AvgIpc) is 2.17. The van der Waals surface area contributed by atoms with Gasteiger partial charge in [-0.25, -0.2) is 4.39 Å². The molecule has 1 aromatic rings. The van der Waals surface area contributed by atoms with E-state index in [0.29, 0.717) is 17.5 Å². The Morgan fingerprint density at radius 1 is 1.64 bits per heavy atom. The van der Waals surface area contributed by atoms with E-state index < -0.39 is 5.82 Å². The van der Waals surface area contributed by atoms with Crippen molar-refractivity contribution in [2.24, 2.45) is 5.73 Å². The molecule has 1 rings (SSSR count). The molecule has 0 saturated heterocycles. The van der Waals surface area contributed by atoms with Crippen LogP contribution >= 0.6 is 0 Å². The Morgan fingerprint density at radius 2 is 2.36 bits per heavy atom. The lowest BCUT2D eigenvalue weighted by molar-refractivity contribution is 0.583. The van der Waals surface area contributed by atoms with Crippen LogP contribution in [0.2, 0.25) is 0 Å². The second-order valence-corrected chi connectivity index (χ2v) is 2.98. The lowest BCUT2D eigenvalue weighted by Crippen LogP contribution is -2.11. The topological polar surface area (TPSA) is 49.8 Å². The van der Waals surface area contributed by atoms with Gasteiger partial charge in [0.15, 0.2) is 0 Å². The largest absolute Gasteiger partial charge is 0.324 e. The summed E-state index contributed by atoms with van der Waals surface area (Å²) in [7, 11) is 0. The van der Waals surface area contributed by atoms with Crippen LogP contribution in [-0.4, -0.2) is 0 Å². The van der Waals surface area contributed by atoms with Crippen LogP contribution < -0.4 is 5.73 Å². The van der Waals surface area contributed by atoms with Crippen LogP contribution in [-0.2, 0) is 0 Å². The van der Waals surface area contributed by atoms with Gasteiger partial charge in [0.25, 0.3) is 0 Å². The van der Waals surface area contributed by atoms with Gasteiger partial charge in [-0.2, -0.15) is 5.26 Å². The van der Waals surface area contributed by atoms with Crippen molar-refractivity contribution >= 4 is 0 Å². The van der Waals surface area contributed by atoms with E-state index in [1.165, 1.54) is 6.07 Å². The molecule has 0 amide bonds. The number of nitrogens with two attached hydrogens (primary N) is 1. The molecule has 0 aliphatic carbocycles. The van der Waals surface area contributed by atoms with Gasteiger partial charge in [-0.1, -0.05) is 12.1 Å². The van der Waals surface area contributed by atoms with Crippen molar-refractivity contribution in [2.75, 3.05) is 0 Å². The normalized spacial score (nSPS) is 11.8. The molecule has 0 fully saturated rings. The Labute approximate surface area is 82.5 Å². The fraction of sp³-hybridized carbons (Fsp3) is 0.182. The molecule has 1 aromatic carbocycles. The van der Waals surface area contributed by atoms with Gasteiger partial charge in [-0.15, -0.1) is 6.58 Å². The first-order valence-corrected chi connectivity index (χ1v) is 4.25. The van der Waals surface area contributed by atoms with Crippen LogP contribution in [0.25, 0.3) is 0 Å². The average molecular weight is 190 g/mol. The van der Waals surface area contributed by atoms with Crippen LogP contribution in [0.1, 0.15) is 23.6 Å². The van der Waals surface area contributed by atoms with Gasteiger partial charge in [-0.3, -0.25) is 0 Å². The highest BCUT2D eigenvalue weighted by Crippen LogP contribution is 2.19. The van der Waals surface area contributed by atoms with Gasteiger partial charge >= 0.3 is 0 Å². The molecule has 0 heterocycles. The molecule has 0 aliphatic rings. The van der Waals surface area contributed by atoms with Crippen molar-refractivity contribution in [3.05, 3.63) is 47.8 Å². The summed E-state index contributed by atoms with van der Waals surface area (Å²) in [6, 6.07) is 5.77. The summed E-state index contributed by atoms with van der Waals surface area (Å²) < 4.78 is 13.3. The molecule has 0 bridgehead atoms. The smallest absolute Gasteiger partial charge is 0.129 e. The van der Waals surface area contributed by atoms with Crippen LogP contribution in [0.3, 0.4) is 0 Å². The molecule has 2 N–H and O–H groups in total. The number of nitriles is 1. The van der Waals surface area contributed by atoms with Crippen molar-refractivity contribution < 1.29 is 4.39 Å². The Morgan fingerprint density at radius 3 is 2.86 bits per heavy atom. The van der Waals surface area contributed by atoms with Crippen molar-refractivity contribution in [3.63, 3.8) is 0 Å². The van der Waals surface area contributed by atoms with Crippen molar-refractivity contribution in [1.82, 2.24) is 0 Å². The molecule has 72 valence electrons. The first-order valence-electron chi connectivity index (χ1n) is 4.25. The Balaban J connectivity index is 3.00. The fourth-order valence-corrected chi connectivity index (χ4v) is 1.20. The zero-order valence-electron chi connectivity index (χ0n) is 7.70. The zero-order chi connectivity index (χ0) is 10.6. The molecule has 1 atom stereocenters. The molecule has 0 unspecified atom stereocenters. The lowest BCUT2D eigenvalue weighted by atomic mass is 10.0. The summed E-state index contributed by atoms with van der Waals surface area (Å²) in [6.45, 7) is 3.53. The van der Waals surface area contributed by atoms with Gasteiger partial charge in [0.05, 0.1) is 11.6 Å². The predicted octanol–water partition coefficient (Wildman–Crippen LogP) is 2.27. The van der Waals surface area contributed by atoms with Crippen LogP contribution in [0.4, 0.5) is 4.39 Å². The highest BCUT2D eigenvalue weighted by molar-refractivity contribution is 5.34. The zero-order valence-corrected chi connectivity index (χ0v) is 7.70. The van der Waals surface area contributed by atoms with E-state index in [2.05, 4.69) is 6.58 Å². The number of hydrogen-bond acceptors (Lipinski definition) is 2. The first-order chi connectivity index (χ1) is 6.69. The van der Waals surface area contributed by atoms with Gasteiger partial charge in [0.1, 0.15) is 5.82 Å². The summed E-state index contributed by atoms with van der Waals surface area (Å²) >= 11 is 0. The highest BCUT2D eigenvalue weighted by atomic mass is 19.1. The molecule has 0 saturated carbocycles. The second-order valence-electron chi connectivity index (χ2n) is 2.98. The lowest BCUT2D eigenvalue weighted by Gasteiger charge is -2.10. The third-order valence-corrected chi connectivity index (χ3v) is 1.95. The number of nitrogens with zero attached hydrogens (tertiary/aromatic N) is 1. The standard InChI is InChI=1S/C11H11FN2/c1-2-3-11(14)9-5-4-8(7-13)6-10(9)12/h2,4-6,11H,1,3,14H2/t11-/m1/s1. The summed E-state index contributed by atoms with van der Waals surface area (Å²) in [4.78, 5) is 0. The van der Waals surface area contributed by atoms with E-state index in [0.717, 1.165) is 0 Å². The van der Waals surface area contributed by atoms with Crippen LogP contribution in [0.5, 0.6) is 0 Å². The molecule has 3 heteroatoms. The SMILES string of the molecule is C=CC[C@@H](N)c1ccc(C#N)cc1F. The minimum atomic E-state index is -0.432. The van der Waals surface area contributed by atoms with Crippen molar-refractivity contribution in [1.29, 1.82) is 5.26 Å². The summed E-state index contributed by atoms with van der Waals surface area (Å²) in [5.74, 6) is -0.432.